The number of carboxylic acid groups (broad SMARTS) is 2. The van der Waals surface area contributed by atoms with E-state index in [1.807, 2.05) is 0 Å². The maximum Gasteiger partial charge on any atom is 0.336 e. The summed E-state index contributed by atoms with van der Waals surface area (Å²) in [5.74, 6) is -2.38. The molecule has 74 valence electrons. The lowest BCUT2D eigenvalue weighted by molar-refractivity contribution is 0.0651. The minimum absolute atomic E-state index is 0.153. The molecule has 1 aromatic rings. The number of rotatable bonds is 3. The van der Waals surface area contributed by atoms with Crippen molar-refractivity contribution < 1.29 is 19.8 Å². The van der Waals surface area contributed by atoms with Gasteiger partial charge >= 0.3 is 11.9 Å². The van der Waals surface area contributed by atoms with Gasteiger partial charge in [-0.25, -0.2) is 9.59 Å². The average molecular weight is 215 g/mol. The topological polar surface area (TPSA) is 74.6 Å². The summed E-state index contributed by atoms with van der Waals surface area (Å²) in [6.45, 7) is 0. The maximum absolute atomic E-state index is 10.7. The van der Waals surface area contributed by atoms with Gasteiger partial charge in [-0.15, -0.1) is 11.6 Å². The van der Waals surface area contributed by atoms with E-state index in [9.17, 15) is 9.59 Å². The Morgan fingerprint density at radius 3 is 2.14 bits per heavy atom. The zero-order chi connectivity index (χ0) is 10.7. The van der Waals surface area contributed by atoms with Crippen LogP contribution >= 0.6 is 11.6 Å². The van der Waals surface area contributed by atoms with Crippen LogP contribution in [0.3, 0.4) is 0 Å². The van der Waals surface area contributed by atoms with E-state index >= 15 is 0 Å². The van der Waals surface area contributed by atoms with Crippen molar-refractivity contribution in [2.45, 2.75) is 5.88 Å². The van der Waals surface area contributed by atoms with Gasteiger partial charge in [0.15, 0.2) is 0 Å². The molecule has 0 radical (unpaired) electrons. The molecule has 2 N–H and O–H groups in total. The first-order valence-electron chi connectivity index (χ1n) is 3.71. The number of carboxylic acids is 2. The van der Waals surface area contributed by atoms with Gasteiger partial charge in [-0.2, -0.15) is 0 Å². The molecule has 0 saturated carbocycles. The largest absolute Gasteiger partial charge is 0.478 e. The summed E-state index contributed by atoms with van der Waals surface area (Å²) in [5, 5.41) is 17.4. The van der Waals surface area contributed by atoms with Crippen LogP contribution in [0.4, 0.5) is 0 Å². The second kappa shape index (κ2) is 4.11. The third-order valence-electron chi connectivity index (χ3n) is 1.70. The number of benzene rings is 1. The third kappa shape index (κ3) is 2.03. The fourth-order valence-corrected chi connectivity index (χ4v) is 1.20. The Balaban J connectivity index is 3.31. The van der Waals surface area contributed by atoms with Gasteiger partial charge in [0.05, 0.1) is 11.1 Å². The molecule has 0 atom stereocenters. The molecular formula is C9H7ClO4. The number of hydrogen-bond donors (Lipinski definition) is 2. The Morgan fingerprint density at radius 1 is 1.14 bits per heavy atom. The van der Waals surface area contributed by atoms with Gasteiger partial charge < -0.3 is 10.2 Å². The monoisotopic (exact) mass is 214 g/mol. The van der Waals surface area contributed by atoms with Crippen molar-refractivity contribution in [2.24, 2.45) is 0 Å². The molecule has 0 aliphatic heterocycles. The molecule has 0 spiro atoms. The molecule has 0 fully saturated rings. The van der Waals surface area contributed by atoms with Crippen LogP contribution in [0.15, 0.2) is 18.2 Å². The predicted molar refractivity (Wildman–Crippen MR) is 49.9 cm³/mol. The highest BCUT2D eigenvalue weighted by Crippen LogP contribution is 2.14. The molecule has 0 saturated heterocycles. The second-order valence-electron chi connectivity index (χ2n) is 2.62. The molecule has 0 aromatic heterocycles. The standard InChI is InChI=1S/C9H7ClO4/c10-4-5-1-2-6(8(11)12)7(3-5)9(13)14/h1-3H,4H2,(H,11,12)(H,13,14). The minimum Gasteiger partial charge on any atom is -0.478 e. The highest BCUT2D eigenvalue weighted by molar-refractivity contribution is 6.17. The second-order valence-corrected chi connectivity index (χ2v) is 2.89. The molecule has 5 heteroatoms. The smallest absolute Gasteiger partial charge is 0.336 e. The Morgan fingerprint density at radius 2 is 1.71 bits per heavy atom. The first-order chi connectivity index (χ1) is 6.56. The summed E-state index contributed by atoms with van der Waals surface area (Å²) in [4.78, 5) is 21.3. The van der Waals surface area contributed by atoms with Crippen LogP contribution in [0.1, 0.15) is 26.3 Å². The Hall–Kier alpha value is -1.55. The van der Waals surface area contributed by atoms with E-state index in [0.717, 1.165) is 0 Å². The highest BCUT2D eigenvalue weighted by Gasteiger charge is 2.15. The van der Waals surface area contributed by atoms with Crippen LogP contribution in [0.2, 0.25) is 0 Å². The maximum atomic E-state index is 10.7. The molecule has 0 aliphatic carbocycles. The third-order valence-corrected chi connectivity index (χ3v) is 2.01. The molecular weight excluding hydrogens is 208 g/mol. The van der Waals surface area contributed by atoms with Gasteiger partial charge in [0, 0.05) is 5.88 Å². The van der Waals surface area contributed by atoms with Crippen molar-refractivity contribution in [3.63, 3.8) is 0 Å². The average Bonchev–Trinajstić information content (AvgIpc) is 2.16. The molecule has 4 nitrogen and oxygen atoms in total. The van der Waals surface area contributed by atoms with Gasteiger partial charge in [0.25, 0.3) is 0 Å². The molecule has 0 heterocycles. The van der Waals surface area contributed by atoms with E-state index in [1.54, 1.807) is 0 Å². The van der Waals surface area contributed by atoms with Crippen LogP contribution in [0.25, 0.3) is 0 Å². The van der Waals surface area contributed by atoms with Gasteiger partial charge in [0.1, 0.15) is 0 Å². The lowest BCUT2D eigenvalue weighted by Crippen LogP contribution is -2.08. The predicted octanol–water partition coefficient (Wildman–Crippen LogP) is 1.82. The summed E-state index contributed by atoms with van der Waals surface area (Å²) in [6, 6.07) is 3.99. The molecule has 0 bridgehead atoms. The highest BCUT2D eigenvalue weighted by atomic mass is 35.5. The molecule has 0 amide bonds. The lowest BCUT2D eigenvalue weighted by Gasteiger charge is -2.02. The number of alkyl halides is 1. The quantitative estimate of drug-likeness (QED) is 0.753. The van der Waals surface area contributed by atoms with Gasteiger partial charge in [-0.05, 0) is 17.7 Å². The summed E-state index contributed by atoms with van der Waals surface area (Å²) in [5.41, 5.74) is 0.107. The van der Waals surface area contributed by atoms with Crippen molar-refractivity contribution in [3.8, 4) is 0 Å². The number of halogens is 1. The van der Waals surface area contributed by atoms with E-state index in [0.29, 0.717) is 5.56 Å². The summed E-state index contributed by atoms with van der Waals surface area (Å²) in [7, 11) is 0. The lowest BCUT2D eigenvalue weighted by atomic mass is 10.0. The van der Waals surface area contributed by atoms with Gasteiger partial charge in [-0.1, -0.05) is 6.07 Å². The van der Waals surface area contributed by atoms with E-state index in [2.05, 4.69) is 0 Å². The fourth-order valence-electron chi connectivity index (χ4n) is 1.04. The van der Waals surface area contributed by atoms with E-state index in [4.69, 9.17) is 21.8 Å². The molecule has 0 aliphatic rings. The Labute approximate surface area is 84.7 Å². The summed E-state index contributed by atoms with van der Waals surface area (Å²) in [6.07, 6.45) is 0. The zero-order valence-electron chi connectivity index (χ0n) is 7.03. The van der Waals surface area contributed by atoms with Crippen LogP contribution < -0.4 is 0 Å². The van der Waals surface area contributed by atoms with Crippen LogP contribution in [0.5, 0.6) is 0 Å². The summed E-state index contributed by atoms with van der Waals surface area (Å²) < 4.78 is 0. The SMILES string of the molecule is O=C(O)c1ccc(CCl)cc1C(=O)O. The summed E-state index contributed by atoms with van der Waals surface area (Å²) >= 11 is 5.50. The minimum atomic E-state index is -1.27. The van der Waals surface area contributed by atoms with Gasteiger partial charge in [-0.3, -0.25) is 0 Å². The van der Waals surface area contributed by atoms with Crippen molar-refractivity contribution >= 4 is 23.5 Å². The van der Waals surface area contributed by atoms with Crippen LogP contribution in [-0.4, -0.2) is 22.2 Å². The molecule has 1 rings (SSSR count). The van der Waals surface area contributed by atoms with Crippen LogP contribution in [-0.2, 0) is 5.88 Å². The van der Waals surface area contributed by atoms with Crippen molar-refractivity contribution in [1.82, 2.24) is 0 Å². The normalized spacial score (nSPS) is 9.79. The van der Waals surface area contributed by atoms with Crippen molar-refractivity contribution in [3.05, 3.63) is 34.9 Å². The van der Waals surface area contributed by atoms with E-state index < -0.39 is 11.9 Å². The Bertz CT molecular complexity index is 386. The van der Waals surface area contributed by atoms with E-state index in [1.165, 1.54) is 18.2 Å². The first-order valence-corrected chi connectivity index (χ1v) is 4.25. The zero-order valence-corrected chi connectivity index (χ0v) is 7.78. The molecule has 0 unspecified atom stereocenters. The number of hydrogen-bond acceptors (Lipinski definition) is 2. The van der Waals surface area contributed by atoms with Crippen molar-refractivity contribution in [2.75, 3.05) is 0 Å². The van der Waals surface area contributed by atoms with E-state index in [-0.39, 0.29) is 17.0 Å². The number of carbonyl (C=O) groups is 2. The van der Waals surface area contributed by atoms with Gasteiger partial charge in [0.2, 0.25) is 0 Å². The Kier molecular flexibility index (Phi) is 3.09. The first kappa shape index (κ1) is 10.5. The van der Waals surface area contributed by atoms with Crippen molar-refractivity contribution in [1.29, 1.82) is 0 Å². The number of aromatic carboxylic acids is 2. The molecule has 1 aromatic carbocycles. The fraction of sp³-hybridized carbons (Fsp3) is 0.111. The molecule has 14 heavy (non-hydrogen) atoms. The van der Waals surface area contributed by atoms with Crippen LogP contribution in [0, 0.1) is 0 Å².